The zero-order valence-electron chi connectivity index (χ0n) is 24.6. The van der Waals surface area contributed by atoms with Gasteiger partial charge in [0.15, 0.2) is 0 Å². The summed E-state index contributed by atoms with van der Waals surface area (Å²) in [5.74, 6) is 7.31. The summed E-state index contributed by atoms with van der Waals surface area (Å²) in [5.41, 5.74) is 5.04. The summed E-state index contributed by atoms with van der Waals surface area (Å²) in [5, 5.41) is 7.10. The first-order chi connectivity index (χ1) is 20.6. The van der Waals surface area contributed by atoms with Crippen molar-refractivity contribution in [2.24, 2.45) is 5.92 Å². The van der Waals surface area contributed by atoms with Crippen LogP contribution in [0.2, 0.25) is 0 Å². The van der Waals surface area contributed by atoms with Gasteiger partial charge in [0.1, 0.15) is 5.75 Å². The zero-order chi connectivity index (χ0) is 29.1. The first-order valence-corrected chi connectivity index (χ1v) is 14.8. The van der Waals surface area contributed by atoms with E-state index < -0.39 is 0 Å². The maximum atomic E-state index is 12.1. The predicted molar refractivity (Wildman–Crippen MR) is 169 cm³/mol. The first-order valence-electron chi connectivity index (χ1n) is 14.8. The van der Waals surface area contributed by atoms with Crippen molar-refractivity contribution in [1.82, 2.24) is 19.8 Å². The van der Waals surface area contributed by atoms with Crippen LogP contribution < -0.4 is 15.4 Å². The Hall–Kier alpha value is -4.35. The van der Waals surface area contributed by atoms with Crippen molar-refractivity contribution in [1.29, 1.82) is 0 Å². The number of likely N-dealkylation sites (tertiary alicyclic amines) is 1. The molecule has 0 aliphatic carbocycles. The van der Waals surface area contributed by atoms with Gasteiger partial charge in [-0.05, 0) is 93.5 Å². The Morgan fingerprint density at radius 2 is 2.02 bits per heavy atom. The van der Waals surface area contributed by atoms with Crippen molar-refractivity contribution in [3.8, 4) is 28.8 Å². The van der Waals surface area contributed by atoms with Crippen molar-refractivity contribution in [3.63, 3.8) is 0 Å². The standard InChI is InChI=1S/C34H40N6O2/c1-3-8-33(41)40-18-13-26(14-19-40)11-15-35-29-21-27-22-30(24-29)37-34-36-16-12-32(38-34)28-9-7-10-31(23-28)42-20-6-4-5-17-39(2)25-27/h4-5,7,9-10,12,16,21-24,26,35H,6,11,13-15,17-20,25H2,1-2H3,(H,36,37,38)/b5-4+. The van der Waals surface area contributed by atoms with Gasteiger partial charge in [-0.1, -0.05) is 30.2 Å². The number of benzene rings is 2. The highest BCUT2D eigenvalue weighted by Gasteiger charge is 2.21. The average molecular weight is 565 g/mol. The first kappa shape index (κ1) is 29.2. The molecule has 0 unspecified atom stereocenters. The number of carbonyl (C=O) groups excluding carboxylic acids is 1. The van der Waals surface area contributed by atoms with Crippen molar-refractivity contribution in [3.05, 3.63) is 72.4 Å². The second kappa shape index (κ2) is 14.5. The van der Waals surface area contributed by atoms with Crippen LogP contribution in [-0.4, -0.2) is 65.5 Å². The molecular weight excluding hydrogens is 524 g/mol. The Bertz CT molecular complexity index is 1450. The highest BCUT2D eigenvalue weighted by atomic mass is 16.5. The molecule has 0 saturated carbocycles. The summed E-state index contributed by atoms with van der Waals surface area (Å²) in [6, 6.07) is 16.5. The third-order valence-electron chi connectivity index (χ3n) is 7.64. The minimum atomic E-state index is -0.0494. The van der Waals surface area contributed by atoms with Gasteiger partial charge in [-0.3, -0.25) is 9.69 Å². The summed E-state index contributed by atoms with van der Waals surface area (Å²) in [6.07, 6.45) is 10.1. The molecule has 3 heterocycles. The van der Waals surface area contributed by atoms with Crippen LogP contribution in [0.15, 0.2) is 66.9 Å². The van der Waals surface area contributed by atoms with Crippen LogP contribution in [0, 0.1) is 17.8 Å². The Morgan fingerprint density at radius 3 is 2.88 bits per heavy atom. The molecule has 2 aromatic carbocycles. The molecule has 0 atom stereocenters. The highest BCUT2D eigenvalue weighted by molar-refractivity contribution is 5.93. The second-order valence-corrected chi connectivity index (χ2v) is 11.0. The van der Waals surface area contributed by atoms with Crippen molar-refractivity contribution in [2.75, 3.05) is 50.5 Å². The van der Waals surface area contributed by atoms with Crippen LogP contribution in [0.25, 0.3) is 11.3 Å². The lowest BCUT2D eigenvalue weighted by Crippen LogP contribution is -2.38. The van der Waals surface area contributed by atoms with E-state index in [1.165, 1.54) is 5.56 Å². The van der Waals surface area contributed by atoms with Crippen LogP contribution in [-0.2, 0) is 11.3 Å². The van der Waals surface area contributed by atoms with E-state index in [4.69, 9.17) is 9.72 Å². The zero-order valence-corrected chi connectivity index (χ0v) is 24.6. The van der Waals surface area contributed by atoms with Crippen LogP contribution >= 0.6 is 0 Å². The molecule has 6 bridgehead atoms. The Morgan fingerprint density at radius 1 is 1.14 bits per heavy atom. The molecule has 2 N–H and O–H groups in total. The van der Waals surface area contributed by atoms with Gasteiger partial charge in [-0.25, -0.2) is 9.97 Å². The van der Waals surface area contributed by atoms with Crippen LogP contribution in [0.3, 0.4) is 0 Å². The lowest BCUT2D eigenvalue weighted by molar-refractivity contribution is -0.126. The van der Waals surface area contributed by atoms with Gasteiger partial charge in [-0.15, -0.1) is 0 Å². The number of piperidine rings is 1. The number of nitrogens with zero attached hydrogens (tertiary/aromatic N) is 4. The number of ether oxygens (including phenoxy) is 1. The van der Waals surface area contributed by atoms with E-state index in [9.17, 15) is 4.79 Å². The topological polar surface area (TPSA) is 82.6 Å². The molecule has 1 fully saturated rings. The monoisotopic (exact) mass is 564 g/mol. The van der Waals surface area contributed by atoms with E-state index in [2.05, 4.69) is 69.8 Å². The van der Waals surface area contributed by atoms with E-state index in [0.29, 0.717) is 18.5 Å². The fraction of sp³-hybridized carbons (Fsp3) is 0.382. The fourth-order valence-corrected chi connectivity index (χ4v) is 5.44. The molecule has 2 aliphatic heterocycles. The van der Waals surface area contributed by atoms with Gasteiger partial charge in [0.25, 0.3) is 5.91 Å². The van der Waals surface area contributed by atoms with Gasteiger partial charge in [0.05, 0.1) is 12.3 Å². The quantitative estimate of drug-likeness (QED) is 0.310. The molecule has 218 valence electrons. The SMILES string of the molecule is CC#CC(=O)N1CCC(CCNc2cc3cc(c2)Nc2nccc(n2)-c2cccc(c2)OCC/C=C/CN(C)C3)CC1. The number of nitrogens with one attached hydrogen (secondary N) is 2. The van der Waals surface area contributed by atoms with Crippen LogP contribution in [0.5, 0.6) is 5.75 Å². The van der Waals surface area contributed by atoms with Crippen LogP contribution in [0.1, 0.15) is 38.2 Å². The smallest absolute Gasteiger partial charge is 0.298 e. The maximum absolute atomic E-state index is 12.1. The van der Waals surface area contributed by atoms with E-state index in [0.717, 1.165) is 86.8 Å². The van der Waals surface area contributed by atoms with Gasteiger partial charge < -0.3 is 20.3 Å². The number of hydrogen-bond acceptors (Lipinski definition) is 7. The molecule has 2 aliphatic rings. The van der Waals surface area contributed by atoms with Crippen molar-refractivity contribution < 1.29 is 9.53 Å². The fourth-order valence-electron chi connectivity index (χ4n) is 5.44. The number of hydrogen-bond donors (Lipinski definition) is 2. The number of rotatable bonds is 4. The molecule has 3 aromatic rings. The Labute approximate surface area is 249 Å². The molecule has 5 rings (SSSR count). The number of likely N-dealkylation sites (N-methyl/N-ethyl adjacent to an activating group) is 1. The normalized spacial score (nSPS) is 17.0. The third-order valence-corrected chi connectivity index (χ3v) is 7.64. The third kappa shape index (κ3) is 8.34. The lowest BCUT2D eigenvalue weighted by atomic mass is 9.93. The summed E-state index contributed by atoms with van der Waals surface area (Å²) >= 11 is 0. The van der Waals surface area contributed by atoms with Gasteiger partial charge in [-0.2, -0.15) is 0 Å². The molecule has 42 heavy (non-hydrogen) atoms. The molecule has 8 heteroatoms. The van der Waals surface area contributed by atoms with Gasteiger partial charge >= 0.3 is 0 Å². The van der Waals surface area contributed by atoms with E-state index >= 15 is 0 Å². The number of aromatic nitrogens is 2. The number of anilines is 3. The molecule has 0 spiro atoms. The van der Waals surface area contributed by atoms with E-state index in [1.807, 2.05) is 35.2 Å². The minimum absolute atomic E-state index is 0.0494. The highest BCUT2D eigenvalue weighted by Crippen LogP contribution is 2.27. The van der Waals surface area contributed by atoms with E-state index in [-0.39, 0.29) is 5.91 Å². The molecule has 1 amide bonds. The number of amides is 1. The summed E-state index contributed by atoms with van der Waals surface area (Å²) in [7, 11) is 2.13. The largest absolute Gasteiger partial charge is 0.493 e. The Kier molecular flexibility index (Phi) is 10.1. The van der Waals surface area contributed by atoms with Crippen molar-refractivity contribution >= 4 is 23.2 Å². The van der Waals surface area contributed by atoms with Gasteiger partial charge in [0.2, 0.25) is 5.95 Å². The van der Waals surface area contributed by atoms with E-state index in [1.54, 1.807) is 13.1 Å². The van der Waals surface area contributed by atoms with Crippen LogP contribution in [0.4, 0.5) is 17.3 Å². The average Bonchev–Trinajstić information content (AvgIpc) is 2.99. The maximum Gasteiger partial charge on any atom is 0.298 e. The second-order valence-electron chi connectivity index (χ2n) is 11.0. The molecule has 0 radical (unpaired) electrons. The minimum Gasteiger partial charge on any atom is -0.493 e. The predicted octanol–water partition coefficient (Wildman–Crippen LogP) is 5.72. The van der Waals surface area contributed by atoms with Gasteiger partial charge in [0, 0.05) is 55.9 Å². The molecule has 1 saturated heterocycles. The molecule has 1 aromatic heterocycles. The Balaban J connectivity index is 1.30. The number of carbonyl (C=O) groups is 1. The molecule has 8 nitrogen and oxygen atoms in total. The summed E-state index contributed by atoms with van der Waals surface area (Å²) in [6.45, 7) is 6.45. The van der Waals surface area contributed by atoms with Crippen molar-refractivity contribution in [2.45, 2.75) is 39.2 Å². The summed E-state index contributed by atoms with van der Waals surface area (Å²) < 4.78 is 5.98. The lowest BCUT2D eigenvalue weighted by Gasteiger charge is -2.30. The summed E-state index contributed by atoms with van der Waals surface area (Å²) in [4.78, 5) is 25.5. The molecular formula is C34H40N6O2. The number of fused-ring (bicyclic) bond motifs is 7.